The quantitative estimate of drug-likeness (QED) is 0.537. The fourth-order valence-electron chi connectivity index (χ4n) is 1.49. The van der Waals surface area contributed by atoms with Crippen LogP contribution in [0.5, 0.6) is 0 Å². The van der Waals surface area contributed by atoms with Crippen molar-refractivity contribution in [2.75, 3.05) is 6.54 Å². The van der Waals surface area contributed by atoms with Gasteiger partial charge in [0.15, 0.2) is 0 Å². The van der Waals surface area contributed by atoms with Gasteiger partial charge in [-0.25, -0.2) is 0 Å². The van der Waals surface area contributed by atoms with Gasteiger partial charge in [0.25, 0.3) is 0 Å². The summed E-state index contributed by atoms with van der Waals surface area (Å²) in [7, 11) is 0. The van der Waals surface area contributed by atoms with E-state index in [1.807, 2.05) is 0 Å². The average molecular weight is 125 g/mol. The molecule has 0 bridgehead atoms. The minimum absolute atomic E-state index is 0.0949. The standard InChI is InChI=1S/C6H7NO2/c8-6(9)5-3-1-7-2-4(3)5/h1,3-5H,2H2,(H,8,9)/t3-,4+,5?/m1/s1. The van der Waals surface area contributed by atoms with Crippen molar-refractivity contribution in [2.45, 2.75) is 0 Å². The van der Waals surface area contributed by atoms with E-state index in [-0.39, 0.29) is 11.8 Å². The van der Waals surface area contributed by atoms with Crippen LogP contribution in [-0.2, 0) is 4.79 Å². The van der Waals surface area contributed by atoms with Crippen LogP contribution < -0.4 is 0 Å². The second-order valence-corrected chi connectivity index (χ2v) is 2.62. The summed E-state index contributed by atoms with van der Waals surface area (Å²) < 4.78 is 0. The zero-order valence-corrected chi connectivity index (χ0v) is 4.82. The SMILES string of the molecule is O=C(O)C1[C@H]2CN=C[C@@H]12. The second kappa shape index (κ2) is 1.35. The molecule has 3 nitrogen and oxygen atoms in total. The first-order valence-electron chi connectivity index (χ1n) is 3.03. The normalized spacial score (nSPS) is 44.7. The minimum Gasteiger partial charge on any atom is -0.481 e. The predicted octanol–water partition coefficient (Wildman–Crippen LogP) is 0.0176. The van der Waals surface area contributed by atoms with E-state index in [0.717, 1.165) is 6.54 Å². The number of aliphatic imine (C=N–C) groups is 1. The third-order valence-electron chi connectivity index (χ3n) is 2.11. The van der Waals surface area contributed by atoms with Crippen molar-refractivity contribution < 1.29 is 9.90 Å². The lowest BCUT2D eigenvalue weighted by atomic mass is 10.3. The Labute approximate surface area is 52.4 Å². The minimum atomic E-state index is -0.656. The zero-order valence-electron chi connectivity index (χ0n) is 4.82. The summed E-state index contributed by atoms with van der Waals surface area (Å²) >= 11 is 0. The number of carbonyl (C=O) groups is 1. The summed E-state index contributed by atoms with van der Waals surface area (Å²) in [4.78, 5) is 14.3. The maximum atomic E-state index is 10.3. The molecule has 0 amide bonds. The molecular weight excluding hydrogens is 118 g/mol. The van der Waals surface area contributed by atoms with Crippen molar-refractivity contribution in [2.24, 2.45) is 22.7 Å². The molecule has 48 valence electrons. The third-order valence-corrected chi connectivity index (χ3v) is 2.11. The smallest absolute Gasteiger partial charge is 0.307 e. The number of aliphatic carboxylic acids is 1. The molecule has 0 saturated heterocycles. The molecule has 0 aromatic heterocycles. The number of nitrogens with zero attached hydrogens (tertiary/aromatic N) is 1. The molecule has 1 N–H and O–H groups in total. The maximum Gasteiger partial charge on any atom is 0.307 e. The summed E-state index contributed by atoms with van der Waals surface area (Å²) in [6, 6.07) is 0. The van der Waals surface area contributed by atoms with Crippen LogP contribution in [-0.4, -0.2) is 23.8 Å². The fraction of sp³-hybridized carbons (Fsp3) is 0.667. The molecule has 1 aliphatic carbocycles. The van der Waals surface area contributed by atoms with Gasteiger partial charge in [0, 0.05) is 24.6 Å². The molecule has 0 spiro atoms. The lowest BCUT2D eigenvalue weighted by Gasteiger charge is -1.88. The van der Waals surface area contributed by atoms with Gasteiger partial charge in [-0.2, -0.15) is 0 Å². The first kappa shape index (κ1) is 4.97. The van der Waals surface area contributed by atoms with E-state index in [4.69, 9.17) is 5.11 Å². The van der Waals surface area contributed by atoms with Crippen LogP contribution in [0.2, 0.25) is 0 Å². The highest BCUT2D eigenvalue weighted by Crippen LogP contribution is 2.48. The highest BCUT2D eigenvalue weighted by atomic mass is 16.4. The van der Waals surface area contributed by atoms with Gasteiger partial charge in [-0.3, -0.25) is 9.79 Å². The Morgan fingerprint density at radius 1 is 1.78 bits per heavy atom. The Hall–Kier alpha value is -0.860. The van der Waals surface area contributed by atoms with E-state index >= 15 is 0 Å². The number of carboxylic acids is 1. The molecule has 0 aromatic rings. The zero-order chi connectivity index (χ0) is 6.43. The molecule has 3 heteroatoms. The molecule has 0 radical (unpaired) electrons. The van der Waals surface area contributed by atoms with Gasteiger partial charge in [-0.1, -0.05) is 0 Å². The van der Waals surface area contributed by atoms with Gasteiger partial charge in [-0.15, -0.1) is 0 Å². The van der Waals surface area contributed by atoms with E-state index in [1.54, 1.807) is 6.21 Å². The molecule has 3 atom stereocenters. The number of hydrogen-bond donors (Lipinski definition) is 1. The van der Waals surface area contributed by atoms with Crippen molar-refractivity contribution in [3.8, 4) is 0 Å². The van der Waals surface area contributed by atoms with Crippen molar-refractivity contribution in [1.29, 1.82) is 0 Å². The van der Waals surface area contributed by atoms with Crippen LogP contribution in [0.1, 0.15) is 0 Å². The summed E-state index contributed by atoms with van der Waals surface area (Å²) in [5.74, 6) is -0.122. The molecule has 1 heterocycles. The average Bonchev–Trinajstić information content (AvgIpc) is 2.30. The third kappa shape index (κ3) is 0.515. The summed E-state index contributed by atoms with van der Waals surface area (Å²) in [5.41, 5.74) is 0. The molecule has 9 heavy (non-hydrogen) atoms. The van der Waals surface area contributed by atoms with E-state index in [1.165, 1.54) is 0 Å². The van der Waals surface area contributed by atoms with E-state index in [0.29, 0.717) is 5.92 Å². The topological polar surface area (TPSA) is 49.7 Å². The summed E-state index contributed by atoms with van der Waals surface area (Å²) in [6.45, 7) is 0.738. The lowest BCUT2D eigenvalue weighted by molar-refractivity contribution is -0.139. The van der Waals surface area contributed by atoms with Gasteiger partial charge in [0.2, 0.25) is 0 Å². The van der Waals surface area contributed by atoms with Crippen LogP contribution in [0.25, 0.3) is 0 Å². The number of carboxylic acid groups (broad SMARTS) is 1. The van der Waals surface area contributed by atoms with Gasteiger partial charge in [0.1, 0.15) is 0 Å². The molecule has 0 aromatic carbocycles. The Bertz CT molecular complexity index is 187. The lowest BCUT2D eigenvalue weighted by Crippen LogP contribution is -2.03. The van der Waals surface area contributed by atoms with Gasteiger partial charge in [-0.05, 0) is 0 Å². The number of fused-ring (bicyclic) bond motifs is 1. The number of rotatable bonds is 1. The van der Waals surface area contributed by atoms with Crippen LogP contribution in [0, 0.1) is 17.8 Å². The number of hydrogen-bond acceptors (Lipinski definition) is 2. The highest BCUT2D eigenvalue weighted by Gasteiger charge is 2.56. The predicted molar refractivity (Wildman–Crippen MR) is 31.5 cm³/mol. The Kier molecular flexibility index (Phi) is 0.743. The molecule has 2 aliphatic rings. The maximum absolute atomic E-state index is 10.3. The Balaban J connectivity index is 2.10. The Morgan fingerprint density at radius 3 is 2.89 bits per heavy atom. The van der Waals surface area contributed by atoms with Gasteiger partial charge >= 0.3 is 5.97 Å². The molecule has 2 rings (SSSR count). The molecule has 1 unspecified atom stereocenters. The largest absolute Gasteiger partial charge is 0.481 e. The first-order chi connectivity index (χ1) is 4.30. The van der Waals surface area contributed by atoms with Crippen molar-refractivity contribution in [3.05, 3.63) is 0 Å². The summed E-state index contributed by atoms with van der Waals surface area (Å²) in [5, 5.41) is 8.50. The first-order valence-corrected chi connectivity index (χ1v) is 3.03. The van der Waals surface area contributed by atoms with Gasteiger partial charge < -0.3 is 5.11 Å². The van der Waals surface area contributed by atoms with Gasteiger partial charge in [0.05, 0.1) is 5.92 Å². The highest BCUT2D eigenvalue weighted by molar-refractivity contribution is 5.84. The van der Waals surface area contributed by atoms with Crippen molar-refractivity contribution >= 4 is 12.2 Å². The van der Waals surface area contributed by atoms with Crippen LogP contribution in [0.3, 0.4) is 0 Å². The van der Waals surface area contributed by atoms with Crippen LogP contribution in [0.15, 0.2) is 4.99 Å². The molecule has 1 aliphatic heterocycles. The summed E-state index contributed by atoms with van der Waals surface area (Å²) in [6.07, 6.45) is 1.78. The van der Waals surface area contributed by atoms with Crippen molar-refractivity contribution in [1.82, 2.24) is 0 Å². The van der Waals surface area contributed by atoms with Crippen LogP contribution in [0.4, 0.5) is 0 Å². The molecule has 1 saturated carbocycles. The monoisotopic (exact) mass is 125 g/mol. The van der Waals surface area contributed by atoms with E-state index in [9.17, 15) is 4.79 Å². The Morgan fingerprint density at radius 2 is 2.56 bits per heavy atom. The molecule has 1 fully saturated rings. The van der Waals surface area contributed by atoms with E-state index in [2.05, 4.69) is 4.99 Å². The molecular formula is C6H7NO2. The van der Waals surface area contributed by atoms with Crippen LogP contribution >= 0.6 is 0 Å². The van der Waals surface area contributed by atoms with E-state index < -0.39 is 5.97 Å². The van der Waals surface area contributed by atoms with Crippen molar-refractivity contribution in [3.63, 3.8) is 0 Å². The fourth-order valence-corrected chi connectivity index (χ4v) is 1.49. The second-order valence-electron chi connectivity index (χ2n) is 2.62.